The second-order valence-electron chi connectivity index (χ2n) is 5.54. The van der Waals surface area contributed by atoms with Crippen LogP contribution in [0.1, 0.15) is 15.9 Å². The van der Waals surface area contributed by atoms with Crippen molar-refractivity contribution in [1.82, 2.24) is 10.3 Å². The van der Waals surface area contributed by atoms with E-state index in [1.165, 1.54) is 12.4 Å². The predicted octanol–water partition coefficient (Wildman–Crippen LogP) is 5.12. The van der Waals surface area contributed by atoms with Crippen LogP contribution in [0.15, 0.2) is 60.9 Å². The third-order valence-electron chi connectivity index (χ3n) is 3.77. The number of halogens is 2. The lowest BCUT2D eigenvalue weighted by molar-refractivity contribution is 0.0948. The molecule has 3 rings (SSSR count). The van der Waals surface area contributed by atoms with Crippen molar-refractivity contribution < 1.29 is 14.3 Å². The molecular formula is C20H16Cl2N2O3. The number of nitrogens with one attached hydrogen (secondary N) is 1. The number of hydrogen-bond acceptors (Lipinski definition) is 4. The highest BCUT2D eigenvalue weighted by atomic mass is 35.5. The van der Waals surface area contributed by atoms with E-state index in [-0.39, 0.29) is 5.91 Å². The number of para-hydroxylation sites is 1. The third-order valence-corrected chi connectivity index (χ3v) is 4.31. The Hall–Kier alpha value is -2.76. The Bertz CT molecular complexity index is 963. The largest absolute Gasteiger partial charge is 0.496 e. The van der Waals surface area contributed by atoms with Crippen LogP contribution in [-0.2, 0) is 6.54 Å². The molecule has 1 aromatic heterocycles. The quantitative estimate of drug-likeness (QED) is 0.621. The third kappa shape index (κ3) is 4.70. The van der Waals surface area contributed by atoms with Crippen LogP contribution in [-0.4, -0.2) is 18.0 Å². The van der Waals surface area contributed by atoms with Crippen LogP contribution in [0.25, 0.3) is 0 Å². The van der Waals surface area contributed by atoms with Crippen LogP contribution in [0.2, 0.25) is 10.0 Å². The van der Waals surface area contributed by atoms with Crippen molar-refractivity contribution >= 4 is 29.1 Å². The Morgan fingerprint density at radius 2 is 1.89 bits per heavy atom. The maximum Gasteiger partial charge on any atom is 0.255 e. The van der Waals surface area contributed by atoms with Crippen LogP contribution in [0.4, 0.5) is 0 Å². The zero-order valence-electron chi connectivity index (χ0n) is 14.4. The van der Waals surface area contributed by atoms with Crippen molar-refractivity contribution in [3.05, 3.63) is 82.1 Å². The van der Waals surface area contributed by atoms with E-state index in [9.17, 15) is 4.79 Å². The smallest absolute Gasteiger partial charge is 0.255 e. The number of rotatable bonds is 6. The van der Waals surface area contributed by atoms with Gasteiger partial charge in [0, 0.05) is 23.3 Å². The van der Waals surface area contributed by atoms with Gasteiger partial charge in [0.15, 0.2) is 5.75 Å². The average molecular weight is 403 g/mol. The summed E-state index contributed by atoms with van der Waals surface area (Å²) in [5.74, 6) is 1.08. The summed E-state index contributed by atoms with van der Waals surface area (Å²) >= 11 is 12.0. The molecule has 27 heavy (non-hydrogen) atoms. The minimum Gasteiger partial charge on any atom is -0.496 e. The predicted molar refractivity (Wildman–Crippen MR) is 105 cm³/mol. The van der Waals surface area contributed by atoms with E-state index in [1.807, 2.05) is 24.3 Å². The summed E-state index contributed by atoms with van der Waals surface area (Å²) < 4.78 is 11.1. The molecule has 0 saturated carbocycles. The summed E-state index contributed by atoms with van der Waals surface area (Å²) in [6.07, 6.45) is 2.98. The number of benzene rings is 2. The molecule has 0 fully saturated rings. The molecule has 0 saturated heterocycles. The Morgan fingerprint density at radius 1 is 1.07 bits per heavy atom. The number of carbonyl (C=O) groups is 1. The van der Waals surface area contributed by atoms with Gasteiger partial charge in [0.05, 0.1) is 23.9 Å². The molecule has 0 radical (unpaired) electrons. The van der Waals surface area contributed by atoms with E-state index >= 15 is 0 Å². The van der Waals surface area contributed by atoms with Crippen LogP contribution in [0, 0.1) is 0 Å². The van der Waals surface area contributed by atoms with E-state index < -0.39 is 0 Å². The molecule has 7 heteroatoms. The first-order valence-electron chi connectivity index (χ1n) is 8.05. The van der Waals surface area contributed by atoms with Gasteiger partial charge in [0.25, 0.3) is 5.91 Å². The van der Waals surface area contributed by atoms with Gasteiger partial charge in [0.2, 0.25) is 0 Å². The van der Waals surface area contributed by atoms with Crippen molar-refractivity contribution in [1.29, 1.82) is 0 Å². The highest BCUT2D eigenvalue weighted by molar-refractivity contribution is 6.35. The lowest BCUT2D eigenvalue weighted by atomic mass is 10.2. The first-order chi connectivity index (χ1) is 13.1. The summed E-state index contributed by atoms with van der Waals surface area (Å²) in [4.78, 5) is 16.7. The number of pyridine rings is 1. The van der Waals surface area contributed by atoms with Crippen LogP contribution >= 0.6 is 23.2 Å². The van der Waals surface area contributed by atoms with Gasteiger partial charge >= 0.3 is 0 Å². The van der Waals surface area contributed by atoms with Gasteiger partial charge in [-0.05, 0) is 30.3 Å². The Balaban J connectivity index is 1.77. The fraction of sp³-hybridized carbons (Fsp3) is 0.100. The first kappa shape index (κ1) is 19.0. The molecular weight excluding hydrogens is 387 g/mol. The Labute approximate surface area is 166 Å². The number of ether oxygens (including phenoxy) is 2. The van der Waals surface area contributed by atoms with Gasteiger partial charge in [-0.1, -0.05) is 41.4 Å². The highest BCUT2D eigenvalue weighted by Crippen LogP contribution is 2.32. The summed E-state index contributed by atoms with van der Waals surface area (Å²) in [6, 6.07) is 13.9. The van der Waals surface area contributed by atoms with Crippen LogP contribution in [0.3, 0.4) is 0 Å². The number of methoxy groups -OCH3 is 1. The van der Waals surface area contributed by atoms with E-state index in [0.29, 0.717) is 39.4 Å². The fourth-order valence-electron chi connectivity index (χ4n) is 2.45. The van der Waals surface area contributed by atoms with Gasteiger partial charge in [-0.2, -0.15) is 0 Å². The minimum absolute atomic E-state index is 0.291. The Morgan fingerprint density at radius 3 is 2.67 bits per heavy atom. The molecule has 0 unspecified atom stereocenters. The normalized spacial score (nSPS) is 10.3. The topological polar surface area (TPSA) is 60.5 Å². The molecule has 0 atom stereocenters. The highest BCUT2D eigenvalue weighted by Gasteiger charge is 2.15. The van der Waals surface area contributed by atoms with Gasteiger partial charge in [0.1, 0.15) is 11.5 Å². The van der Waals surface area contributed by atoms with E-state index in [2.05, 4.69) is 10.3 Å². The SMILES string of the molecule is COc1ccccc1CNC(=O)c1ccncc1Oc1ccc(Cl)cc1Cl. The first-order valence-corrected chi connectivity index (χ1v) is 8.81. The molecule has 0 bridgehead atoms. The van der Waals surface area contributed by atoms with Crippen molar-refractivity contribution in [2.24, 2.45) is 0 Å². The number of hydrogen-bond donors (Lipinski definition) is 1. The number of amides is 1. The summed E-state index contributed by atoms with van der Waals surface area (Å²) in [7, 11) is 1.59. The molecule has 2 aromatic carbocycles. The number of nitrogens with zero attached hydrogens (tertiary/aromatic N) is 1. The van der Waals surface area contributed by atoms with Crippen molar-refractivity contribution in [3.63, 3.8) is 0 Å². The lowest BCUT2D eigenvalue weighted by Gasteiger charge is -2.13. The molecule has 138 valence electrons. The van der Waals surface area contributed by atoms with E-state index in [1.54, 1.807) is 31.4 Å². The molecule has 5 nitrogen and oxygen atoms in total. The van der Waals surface area contributed by atoms with Crippen LogP contribution < -0.4 is 14.8 Å². The zero-order chi connectivity index (χ0) is 19.2. The summed E-state index contributed by atoms with van der Waals surface area (Å²) in [5.41, 5.74) is 1.21. The van der Waals surface area contributed by atoms with Gasteiger partial charge in [-0.3, -0.25) is 9.78 Å². The van der Waals surface area contributed by atoms with Crippen molar-refractivity contribution in [2.75, 3.05) is 7.11 Å². The number of aromatic nitrogens is 1. The second-order valence-corrected chi connectivity index (χ2v) is 6.39. The molecule has 0 aliphatic rings. The maximum absolute atomic E-state index is 12.7. The standard InChI is InChI=1S/C20H16Cl2N2O3/c1-26-17-5-3-2-4-13(17)11-24-20(25)15-8-9-23-12-19(15)27-18-7-6-14(21)10-16(18)22/h2-10,12H,11H2,1H3,(H,24,25). The molecule has 1 N–H and O–H groups in total. The molecule has 0 spiro atoms. The molecule has 3 aromatic rings. The minimum atomic E-state index is -0.302. The van der Waals surface area contributed by atoms with Crippen molar-refractivity contribution in [3.8, 4) is 17.2 Å². The maximum atomic E-state index is 12.7. The molecule has 1 amide bonds. The molecule has 0 aliphatic carbocycles. The lowest BCUT2D eigenvalue weighted by Crippen LogP contribution is -2.23. The fourth-order valence-corrected chi connectivity index (χ4v) is 2.89. The van der Waals surface area contributed by atoms with Gasteiger partial charge < -0.3 is 14.8 Å². The number of carbonyl (C=O) groups excluding carboxylic acids is 1. The monoisotopic (exact) mass is 402 g/mol. The molecule has 0 aliphatic heterocycles. The van der Waals surface area contributed by atoms with Gasteiger partial charge in [-0.25, -0.2) is 0 Å². The Kier molecular flexibility index (Phi) is 6.16. The zero-order valence-corrected chi connectivity index (χ0v) is 15.9. The molecule has 1 heterocycles. The van der Waals surface area contributed by atoms with E-state index in [0.717, 1.165) is 5.56 Å². The second kappa shape index (κ2) is 8.75. The van der Waals surface area contributed by atoms with Crippen LogP contribution in [0.5, 0.6) is 17.2 Å². The summed E-state index contributed by atoms with van der Waals surface area (Å²) in [5, 5.41) is 3.69. The average Bonchev–Trinajstić information content (AvgIpc) is 2.69. The van der Waals surface area contributed by atoms with E-state index in [4.69, 9.17) is 32.7 Å². The van der Waals surface area contributed by atoms with Crippen molar-refractivity contribution in [2.45, 2.75) is 6.54 Å². The summed E-state index contributed by atoms with van der Waals surface area (Å²) in [6.45, 7) is 0.312. The van der Waals surface area contributed by atoms with Gasteiger partial charge in [-0.15, -0.1) is 0 Å².